The van der Waals surface area contributed by atoms with Crippen LogP contribution >= 0.6 is 0 Å². The molecule has 7 nitrogen and oxygen atoms in total. The molecule has 0 aromatic heterocycles. The molecule has 0 spiro atoms. The van der Waals surface area contributed by atoms with Crippen LogP contribution in [0.1, 0.15) is 41.5 Å². The lowest BCUT2D eigenvalue weighted by atomic mass is 10.2. The van der Waals surface area contributed by atoms with Gasteiger partial charge in [0.15, 0.2) is 0 Å². The lowest BCUT2D eigenvalue weighted by molar-refractivity contribution is -0.114. The first-order chi connectivity index (χ1) is 12.0. The van der Waals surface area contributed by atoms with Gasteiger partial charge >= 0.3 is 6.09 Å². The molecule has 0 fully saturated rings. The maximum atomic E-state index is 12.3. The number of hydrogen-bond donors (Lipinski definition) is 2. The third-order valence-corrected chi connectivity index (χ3v) is 3.28. The van der Waals surface area contributed by atoms with E-state index in [-0.39, 0.29) is 25.1 Å². The summed E-state index contributed by atoms with van der Waals surface area (Å²) in [6, 6.07) is 6.71. The van der Waals surface area contributed by atoms with Gasteiger partial charge in [0.05, 0.1) is 6.54 Å². The van der Waals surface area contributed by atoms with Crippen molar-refractivity contribution in [1.29, 1.82) is 0 Å². The zero-order chi connectivity index (χ0) is 19.9. The number of ether oxygens (including phenoxy) is 2. The third kappa shape index (κ3) is 8.20. The van der Waals surface area contributed by atoms with Crippen LogP contribution in [0.2, 0.25) is 0 Å². The van der Waals surface area contributed by atoms with Gasteiger partial charge < -0.3 is 24.8 Å². The molecule has 146 valence electrons. The van der Waals surface area contributed by atoms with Crippen molar-refractivity contribution < 1.29 is 24.2 Å². The highest BCUT2D eigenvalue weighted by molar-refractivity contribution is 5.88. The van der Waals surface area contributed by atoms with Crippen LogP contribution in [-0.4, -0.2) is 52.9 Å². The van der Waals surface area contributed by atoms with Crippen molar-refractivity contribution >= 4 is 17.7 Å². The second kappa shape index (κ2) is 9.43. The minimum absolute atomic E-state index is 0.0332. The van der Waals surface area contributed by atoms with Gasteiger partial charge in [0.25, 0.3) is 0 Å². The van der Waals surface area contributed by atoms with E-state index in [1.54, 1.807) is 45.0 Å². The van der Waals surface area contributed by atoms with Gasteiger partial charge in [-0.2, -0.15) is 0 Å². The molecule has 0 saturated carbocycles. The maximum Gasteiger partial charge on any atom is 0.410 e. The normalized spacial score (nSPS) is 12.5. The van der Waals surface area contributed by atoms with E-state index in [0.29, 0.717) is 11.4 Å². The monoisotopic (exact) mass is 366 g/mol. The van der Waals surface area contributed by atoms with Gasteiger partial charge in [0.2, 0.25) is 5.91 Å². The Morgan fingerprint density at radius 2 is 1.77 bits per heavy atom. The molecule has 0 aliphatic heterocycles. The van der Waals surface area contributed by atoms with Crippen LogP contribution in [0.15, 0.2) is 24.3 Å². The van der Waals surface area contributed by atoms with Crippen molar-refractivity contribution in [2.24, 2.45) is 0 Å². The Balaban J connectivity index is 2.56. The quantitative estimate of drug-likeness (QED) is 0.774. The second-order valence-electron chi connectivity index (χ2n) is 7.40. The summed E-state index contributed by atoms with van der Waals surface area (Å²) in [7, 11) is 0. The molecule has 2 N–H and O–H groups in total. The zero-order valence-electron chi connectivity index (χ0n) is 16.4. The van der Waals surface area contributed by atoms with Crippen LogP contribution < -0.4 is 10.1 Å². The number of anilines is 1. The van der Waals surface area contributed by atoms with Crippen LogP contribution in [0.5, 0.6) is 5.75 Å². The fraction of sp³-hybridized carbons (Fsp3) is 0.579. The molecule has 0 aliphatic carbocycles. The fourth-order valence-corrected chi connectivity index (χ4v) is 2.13. The Labute approximate surface area is 155 Å². The number of aliphatic hydroxyl groups excluding tert-OH is 1. The summed E-state index contributed by atoms with van der Waals surface area (Å²) < 4.78 is 10.9. The standard InChI is InChI=1S/C19H30N2O5/c1-13(2)21(18(24)26-19(4,5)6)11-16(23)12-25-17-9-7-15(8-10-17)20-14(3)22/h7-10,13,16,23H,11-12H2,1-6H3,(H,20,22). The predicted molar refractivity (Wildman–Crippen MR) is 100 cm³/mol. The number of carbonyl (C=O) groups is 2. The van der Waals surface area contributed by atoms with Crippen molar-refractivity contribution in [2.45, 2.75) is 59.3 Å². The average Bonchev–Trinajstić information content (AvgIpc) is 2.49. The molecule has 0 aliphatic rings. The first kappa shape index (κ1) is 21.8. The molecule has 1 aromatic rings. The molecule has 1 aromatic carbocycles. The van der Waals surface area contributed by atoms with Crippen molar-refractivity contribution in [2.75, 3.05) is 18.5 Å². The molecule has 1 rings (SSSR count). The highest BCUT2D eigenvalue weighted by Crippen LogP contribution is 2.16. The molecular formula is C19H30N2O5. The molecule has 0 heterocycles. The Kier molecular flexibility index (Phi) is 7.89. The van der Waals surface area contributed by atoms with Crippen LogP contribution in [0.4, 0.5) is 10.5 Å². The Morgan fingerprint density at radius 3 is 2.23 bits per heavy atom. The van der Waals surface area contributed by atoms with Gasteiger partial charge in [-0.25, -0.2) is 4.79 Å². The van der Waals surface area contributed by atoms with E-state index in [4.69, 9.17) is 9.47 Å². The summed E-state index contributed by atoms with van der Waals surface area (Å²) in [6.45, 7) is 10.7. The van der Waals surface area contributed by atoms with Gasteiger partial charge in [-0.15, -0.1) is 0 Å². The van der Waals surface area contributed by atoms with Gasteiger partial charge in [-0.05, 0) is 58.9 Å². The SMILES string of the molecule is CC(=O)Nc1ccc(OCC(O)CN(C(=O)OC(C)(C)C)C(C)C)cc1. The summed E-state index contributed by atoms with van der Waals surface area (Å²) in [5.74, 6) is 0.413. The minimum Gasteiger partial charge on any atom is -0.491 e. The number of nitrogens with zero attached hydrogens (tertiary/aromatic N) is 1. The minimum atomic E-state index is -0.861. The van der Waals surface area contributed by atoms with Crippen LogP contribution in [-0.2, 0) is 9.53 Å². The van der Waals surface area contributed by atoms with Crippen molar-refractivity contribution in [1.82, 2.24) is 4.90 Å². The number of nitrogens with one attached hydrogen (secondary N) is 1. The summed E-state index contributed by atoms with van der Waals surface area (Å²) in [6.07, 6.45) is -1.33. The van der Waals surface area contributed by atoms with E-state index in [2.05, 4.69) is 5.32 Å². The van der Waals surface area contributed by atoms with E-state index in [9.17, 15) is 14.7 Å². The maximum absolute atomic E-state index is 12.3. The molecule has 0 saturated heterocycles. The third-order valence-electron chi connectivity index (χ3n) is 3.28. The first-order valence-electron chi connectivity index (χ1n) is 8.66. The number of amides is 2. The first-order valence-corrected chi connectivity index (χ1v) is 8.66. The second-order valence-corrected chi connectivity index (χ2v) is 7.40. The molecular weight excluding hydrogens is 336 g/mol. The largest absolute Gasteiger partial charge is 0.491 e. The van der Waals surface area contributed by atoms with Gasteiger partial charge in [-0.3, -0.25) is 4.79 Å². The molecule has 0 radical (unpaired) electrons. The Bertz CT molecular complexity index is 593. The summed E-state index contributed by atoms with van der Waals surface area (Å²) >= 11 is 0. The summed E-state index contributed by atoms with van der Waals surface area (Å²) in [4.78, 5) is 24.7. The highest BCUT2D eigenvalue weighted by Gasteiger charge is 2.26. The average molecular weight is 366 g/mol. The molecule has 7 heteroatoms. The van der Waals surface area contributed by atoms with Crippen molar-refractivity contribution in [3.8, 4) is 5.75 Å². The molecule has 1 unspecified atom stereocenters. The summed E-state index contributed by atoms with van der Waals surface area (Å²) in [5.41, 5.74) is 0.0720. The van der Waals surface area contributed by atoms with E-state index in [1.807, 2.05) is 13.8 Å². The van der Waals surface area contributed by atoms with Crippen molar-refractivity contribution in [3.05, 3.63) is 24.3 Å². The van der Waals surface area contributed by atoms with Gasteiger partial charge in [0, 0.05) is 18.7 Å². The Morgan fingerprint density at radius 1 is 1.19 bits per heavy atom. The lowest BCUT2D eigenvalue weighted by Gasteiger charge is -2.31. The van der Waals surface area contributed by atoms with Crippen LogP contribution in [0, 0.1) is 0 Å². The summed E-state index contributed by atoms with van der Waals surface area (Å²) in [5, 5.41) is 12.9. The highest BCUT2D eigenvalue weighted by atomic mass is 16.6. The lowest BCUT2D eigenvalue weighted by Crippen LogP contribution is -2.46. The molecule has 1 atom stereocenters. The molecule has 26 heavy (non-hydrogen) atoms. The van der Waals surface area contributed by atoms with Crippen LogP contribution in [0.3, 0.4) is 0 Å². The van der Waals surface area contributed by atoms with E-state index < -0.39 is 17.8 Å². The predicted octanol–water partition coefficient (Wildman–Crippen LogP) is 3.03. The van der Waals surface area contributed by atoms with E-state index in [0.717, 1.165) is 0 Å². The number of carbonyl (C=O) groups excluding carboxylic acids is 2. The fourth-order valence-electron chi connectivity index (χ4n) is 2.13. The van der Waals surface area contributed by atoms with Gasteiger partial charge in [-0.1, -0.05) is 0 Å². The topological polar surface area (TPSA) is 88.1 Å². The molecule has 2 amide bonds. The number of aliphatic hydroxyl groups is 1. The zero-order valence-corrected chi connectivity index (χ0v) is 16.4. The smallest absolute Gasteiger partial charge is 0.410 e. The van der Waals surface area contributed by atoms with Crippen LogP contribution in [0.25, 0.3) is 0 Å². The number of hydrogen-bond acceptors (Lipinski definition) is 5. The molecule has 0 bridgehead atoms. The number of rotatable bonds is 7. The van der Waals surface area contributed by atoms with Crippen molar-refractivity contribution in [3.63, 3.8) is 0 Å². The van der Waals surface area contributed by atoms with Gasteiger partial charge in [0.1, 0.15) is 24.1 Å². The number of benzene rings is 1. The van der Waals surface area contributed by atoms with E-state index >= 15 is 0 Å². The van der Waals surface area contributed by atoms with E-state index in [1.165, 1.54) is 11.8 Å². The Hall–Kier alpha value is -2.28.